The molecular formula is C22H27OP. The molecule has 2 heteroatoms. The van der Waals surface area contributed by atoms with Crippen LogP contribution in [-0.2, 0) is 0 Å². The summed E-state index contributed by atoms with van der Waals surface area (Å²) in [5.41, 5.74) is 0.892. The average Bonchev–Trinajstić information content (AvgIpc) is 2.58. The topological polar surface area (TPSA) is 20.2 Å². The predicted molar refractivity (Wildman–Crippen MR) is 106 cm³/mol. The second-order valence-corrected chi connectivity index (χ2v) is 9.63. The largest absolute Gasteiger partial charge is 0.390 e. The third-order valence-electron chi connectivity index (χ3n) is 5.30. The minimum Gasteiger partial charge on any atom is -0.390 e. The van der Waals surface area contributed by atoms with Crippen molar-refractivity contribution >= 4 is 18.5 Å². The van der Waals surface area contributed by atoms with Crippen LogP contribution < -0.4 is 10.6 Å². The first kappa shape index (κ1) is 17.4. The summed E-state index contributed by atoms with van der Waals surface area (Å²) in [4.78, 5) is 0. The molecule has 0 aromatic heterocycles. The van der Waals surface area contributed by atoms with Crippen LogP contribution in [0.2, 0.25) is 0 Å². The van der Waals surface area contributed by atoms with Crippen LogP contribution in [0.5, 0.6) is 0 Å². The van der Waals surface area contributed by atoms with Crippen LogP contribution in [0.4, 0.5) is 0 Å². The molecule has 2 aromatic rings. The molecule has 0 unspecified atom stereocenters. The lowest BCUT2D eigenvalue weighted by molar-refractivity contribution is 0.0181. The zero-order valence-electron chi connectivity index (χ0n) is 14.7. The first-order chi connectivity index (χ1) is 11.5. The Kier molecular flexibility index (Phi) is 5.23. The molecule has 1 fully saturated rings. The van der Waals surface area contributed by atoms with Crippen molar-refractivity contribution in [1.29, 1.82) is 0 Å². The van der Waals surface area contributed by atoms with Crippen LogP contribution in [0.15, 0.2) is 72.8 Å². The van der Waals surface area contributed by atoms with Crippen LogP contribution >= 0.6 is 7.92 Å². The third kappa shape index (κ3) is 3.63. The van der Waals surface area contributed by atoms with E-state index in [0.29, 0.717) is 5.92 Å². The Morgan fingerprint density at radius 2 is 1.54 bits per heavy atom. The van der Waals surface area contributed by atoms with Gasteiger partial charge in [0, 0.05) is 5.66 Å². The summed E-state index contributed by atoms with van der Waals surface area (Å²) in [5, 5.41) is 13.9. The molecule has 1 N–H and O–H groups in total. The van der Waals surface area contributed by atoms with E-state index in [4.69, 9.17) is 0 Å². The van der Waals surface area contributed by atoms with Gasteiger partial charge in [-0.15, -0.1) is 0 Å². The molecule has 0 bridgehead atoms. The number of hydrogen-bond donors (Lipinski definition) is 1. The number of aliphatic hydroxyl groups is 1. The zero-order valence-corrected chi connectivity index (χ0v) is 15.5. The van der Waals surface area contributed by atoms with Gasteiger partial charge in [0.25, 0.3) is 0 Å². The molecule has 0 aliphatic heterocycles. The van der Waals surface area contributed by atoms with E-state index in [1.165, 1.54) is 16.2 Å². The molecule has 3 rings (SSSR count). The van der Waals surface area contributed by atoms with Crippen LogP contribution in [0.3, 0.4) is 0 Å². The maximum absolute atomic E-state index is 11.2. The van der Waals surface area contributed by atoms with Gasteiger partial charge in [0.2, 0.25) is 0 Å². The Hall–Kier alpha value is -1.43. The lowest BCUT2D eigenvalue weighted by atomic mass is 9.77. The SMILES string of the molecule is C=C(C)[C@@H]1CC[C@](C)(O)[C@@H](P(c2ccccc2)c2ccccc2)C1. The predicted octanol–water partition coefficient (Wildman–Crippen LogP) is 4.62. The second kappa shape index (κ2) is 7.21. The highest BCUT2D eigenvalue weighted by Crippen LogP contribution is 2.52. The zero-order chi connectivity index (χ0) is 17.2. The maximum Gasteiger partial charge on any atom is 0.0693 e. The minimum atomic E-state index is -0.622. The van der Waals surface area contributed by atoms with Crippen LogP contribution in [0, 0.1) is 5.92 Å². The highest BCUT2D eigenvalue weighted by atomic mass is 31.1. The molecule has 0 spiro atoms. The van der Waals surface area contributed by atoms with Crippen molar-refractivity contribution in [1.82, 2.24) is 0 Å². The van der Waals surface area contributed by atoms with Crippen molar-refractivity contribution in [2.24, 2.45) is 5.92 Å². The number of allylic oxidation sites excluding steroid dienone is 1. The summed E-state index contributed by atoms with van der Waals surface area (Å²) >= 11 is 0. The molecule has 1 aliphatic rings. The van der Waals surface area contributed by atoms with Crippen LogP contribution in [-0.4, -0.2) is 16.4 Å². The molecule has 0 saturated heterocycles. The van der Waals surface area contributed by atoms with Gasteiger partial charge in [0.05, 0.1) is 5.60 Å². The highest BCUT2D eigenvalue weighted by Gasteiger charge is 2.43. The van der Waals surface area contributed by atoms with E-state index in [1.54, 1.807) is 0 Å². The summed E-state index contributed by atoms with van der Waals surface area (Å²) in [6.45, 7) is 8.36. The molecule has 1 aliphatic carbocycles. The van der Waals surface area contributed by atoms with Gasteiger partial charge in [-0.05, 0) is 57.6 Å². The average molecular weight is 338 g/mol. The fourth-order valence-corrected chi connectivity index (χ4v) is 6.95. The van der Waals surface area contributed by atoms with E-state index in [2.05, 4.69) is 74.2 Å². The van der Waals surface area contributed by atoms with Crippen molar-refractivity contribution in [3.63, 3.8) is 0 Å². The van der Waals surface area contributed by atoms with Crippen molar-refractivity contribution in [2.75, 3.05) is 0 Å². The van der Waals surface area contributed by atoms with Gasteiger partial charge in [-0.25, -0.2) is 0 Å². The van der Waals surface area contributed by atoms with Gasteiger partial charge in [-0.2, -0.15) is 0 Å². The Morgan fingerprint density at radius 1 is 1.04 bits per heavy atom. The Labute approximate surface area is 147 Å². The van der Waals surface area contributed by atoms with E-state index < -0.39 is 13.5 Å². The van der Waals surface area contributed by atoms with Gasteiger partial charge >= 0.3 is 0 Å². The lowest BCUT2D eigenvalue weighted by Gasteiger charge is -2.45. The molecule has 126 valence electrons. The molecule has 1 saturated carbocycles. The number of rotatable bonds is 4. The molecule has 0 radical (unpaired) electrons. The molecule has 2 aromatic carbocycles. The first-order valence-electron chi connectivity index (χ1n) is 8.76. The molecule has 0 heterocycles. The van der Waals surface area contributed by atoms with Gasteiger partial charge in [0.15, 0.2) is 0 Å². The van der Waals surface area contributed by atoms with Crippen molar-refractivity contribution < 1.29 is 5.11 Å². The van der Waals surface area contributed by atoms with E-state index in [9.17, 15) is 5.11 Å². The number of hydrogen-bond acceptors (Lipinski definition) is 1. The van der Waals surface area contributed by atoms with Gasteiger partial charge < -0.3 is 5.11 Å². The van der Waals surface area contributed by atoms with Gasteiger partial charge in [-0.3, -0.25) is 0 Å². The van der Waals surface area contributed by atoms with Crippen LogP contribution in [0.25, 0.3) is 0 Å². The molecular weight excluding hydrogens is 311 g/mol. The summed E-state index contributed by atoms with van der Waals surface area (Å²) in [7, 11) is -0.600. The quantitative estimate of drug-likeness (QED) is 0.637. The minimum absolute atomic E-state index is 0.257. The summed E-state index contributed by atoms with van der Waals surface area (Å²) in [6, 6.07) is 21.5. The van der Waals surface area contributed by atoms with E-state index in [1.807, 2.05) is 6.92 Å². The summed E-state index contributed by atoms with van der Waals surface area (Å²) in [5.74, 6) is 0.521. The summed E-state index contributed by atoms with van der Waals surface area (Å²) < 4.78 is 0. The maximum atomic E-state index is 11.2. The van der Waals surface area contributed by atoms with E-state index >= 15 is 0 Å². The summed E-state index contributed by atoms with van der Waals surface area (Å²) in [6.07, 6.45) is 2.93. The monoisotopic (exact) mass is 338 g/mol. The standard InChI is InChI=1S/C22H27OP/c1-17(2)18-14-15-22(3,23)21(16-18)24(19-10-6-4-7-11-19)20-12-8-5-9-13-20/h4-13,18,21,23H,1,14-16H2,2-3H3/t18-,21+,22+/m1/s1. The molecule has 0 amide bonds. The fraction of sp³-hybridized carbons (Fsp3) is 0.364. The Morgan fingerprint density at radius 3 is 2.00 bits per heavy atom. The normalized spacial score (nSPS) is 27.2. The Bertz CT molecular complexity index is 638. The number of benzene rings is 2. The van der Waals surface area contributed by atoms with Gasteiger partial charge in [-0.1, -0.05) is 72.8 Å². The second-order valence-electron chi connectivity index (χ2n) is 7.23. The van der Waals surface area contributed by atoms with Crippen molar-refractivity contribution in [3.8, 4) is 0 Å². The van der Waals surface area contributed by atoms with E-state index in [0.717, 1.165) is 19.3 Å². The highest BCUT2D eigenvalue weighted by molar-refractivity contribution is 7.73. The fourth-order valence-electron chi connectivity index (χ4n) is 3.79. The molecule has 3 atom stereocenters. The Balaban J connectivity index is 2.05. The van der Waals surface area contributed by atoms with E-state index in [-0.39, 0.29) is 5.66 Å². The van der Waals surface area contributed by atoms with Crippen molar-refractivity contribution in [2.45, 2.75) is 44.4 Å². The molecule has 1 nitrogen and oxygen atoms in total. The first-order valence-corrected chi connectivity index (χ1v) is 10.2. The van der Waals surface area contributed by atoms with Crippen molar-refractivity contribution in [3.05, 3.63) is 72.8 Å². The third-order valence-corrected chi connectivity index (χ3v) is 8.40. The van der Waals surface area contributed by atoms with Crippen LogP contribution in [0.1, 0.15) is 33.1 Å². The lowest BCUT2D eigenvalue weighted by Crippen LogP contribution is -2.46. The van der Waals surface area contributed by atoms with Gasteiger partial charge in [0.1, 0.15) is 0 Å². The molecule has 24 heavy (non-hydrogen) atoms. The smallest absolute Gasteiger partial charge is 0.0693 e.